The minimum Gasteiger partial charge on any atom is -0.501 e. The molecule has 10 rings (SSSR count). The van der Waals surface area contributed by atoms with Crippen molar-refractivity contribution in [2.45, 2.75) is 79.4 Å². The molecule has 0 fully saturated rings. The smallest absolute Gasteiger partial charge is 0.169 e. The van der Waals surface area contributed by atoms with Gasteiger partial charge < -0.3 is 14.0 Å². The number of hydrogen-bond acceptors (Lipinski definition) is 4. The molecule has 1 radical (unpaired) electrons. The fraction of sp³-hybridized carbons (Fsp3) is 0.224. The van der Waals surface area contributed by atoms with Gasteiger partial charge in [0.25, 0.3) is 0 Å². The molecule has 0 atom stereocenters. The Morgan fingerprint density at radius 1 is 0.646 bits per heavy atom. The van der Waals surface area contributed by atoms with Crippen LogP contribution in [0.3, 0.4) is 0 Å². The fourth-order valence-corrected chi connectivity index (χ4v) is 10.6. The first-order valence-corrected chi connectivity index (χ1v) is 26.2. The van der Waals surface area contributed by atoms with Crippen molar-refractivity contribution in [2.75, 3.05) is 0 Å². The molecule has 4 aromatic heterocycles. The van der Waals surface area contributed by atoms with Crippen molar-refractivity contribution < 1.29 is 24.5 Å². The van der Waals surface area contributed by atoms with Gasteiger partial charge in [0.05, 0.1) is 25.0 Å². The Morgan fingerprint density at radius 2 is 1.32 bits per heavy atom. The number of pyridine rings is 2. The molecule has 0 saturated carbocycles. The summed E-state index contributed by atoms with van der Waals surface area (Å²) >= 11 is 0. The Morgan fingerprint density at radius 3 is 2.00 bits per heavy atom. The van der Waals surface area contributed by atoms with Gasteiger partial charge in [-0.25, -0.2) is 4.98 Å². The van der Waals surface area contributed by atoms with Crippen LogP contribution in [0.25, 0.3) is 83.3 Å². The van der Waals surface area contributed by atoms with Gasteiger partial charge in [-0.15, -0.1) is 54.1 Å². The van der Waals surface area contributed by atoms with E-state index >= 15 is 0 Å². The SMILES string of the molecule is CC(C)Cc1cc(-c2[c-]cccc2)ncc1[Si](C)(C)C.CC(C)c1cc(-c2ccccc2)cc(C(C)C)c1-n1c(-c2[c-]ccc3c2oc2ccccc23)nc2ncc3ccccc3c21.[Ir]. The third-order valence-corrected chi connectivity index (χ3v) is 14.2. The zero-order valence-electron chi connectivity index (χ0n) is 38.8. The van der Waals surface area contributed by atoms with Crippen LogP contribution in [0, 0.1) is 18.1 Å². The first-order chi connectivity index (χ1) is 30.9. The van der Waals surface area contributed by atoms with Crippen LogP contribution in [0.15, 0.2) is 150 Å². The Balaban J connectivity index is 0.000000232. The number of imidazole rings is 1. The van der Waals surface area contributed by atoms with Gasteiger partial charge >= 0.3 is 0 Å². The average Bonchev–Trinajstić information content (AvgIpc) is 3.88. The number of aromatic nitrogens is 4. The summed E-state index contributed by atoms with van der Waals surface area (Å²) in [6.45, 7) is 20.8. The van der Waals surface area contributed by atoms with Crippen LogP contribution < -0.4 is 5.19 Å². The van der Waals surface area contributed by atoms with E-state index in [2.05, 4.69) is 186 Å². The molecule has 0 aliphatic heterocycles. The van der Waals surface area contributed by atoms with Crippen LogP contribution in [0.5, 0.6) is 0 Å². The van der Waals surface area contributed by atoms with Gasteiger partial charge in [-0.1, -0.05) is 157 Å². The normalized spacial score (nSPS) is 11.8. The van der Waals surface area contributed by atoms with Crippen molar-refractivity contribution >= 4 is 57.1 Å². The topological polar surface area (TPSA) is 56.7 Å². The summed E-state index contributed by atoms with van der Waals surface area (Å²) in [6.07, 6.45) is 5.16. The standard InChI is InChI=1S/C40H32N3O.C18H24NSi.Ir/c1-24(2)33-21-28(26-13-6-5-7-14-26)22-34(25(3)4)36(33)43-37-29-16-9-8-15-27(29)23-41-39(37)42-40(43)32-19-12-18-31-30-17-10-11-20-35(30)44-38(31)32;1-14(2)11-16-12-17(15-9-7-6-8-10-15)19-13-18(16)20(3,4)5;/h5-18,20-25H,1-4H3;6-9,12-14H,11H2,1-5H3;/q2*-1;. The zero-order chi connectivity index (χ0) is 44.7. The van der Waals surface area contributed by atoms with Gasteiger partial charge in [0.2, 0.25) is 0 Å². The van der Waals surface area contributed by atoms with Gasteiger partial charge in [-0.05, 0) is 75.5 Å². The van der Waals surface area contributed by atoms with Crippen LogP contribution in [-0.2, 0) is 26.5 Å². The predicted molar refractivity (Wildman–Crippen MR) is 272 cm³/mol. The Hall–Kier alpha value is -5.98. The summed E-state index contributed by atoms with van der Waals surface area (Å²) in [4.78, 5) is 14.9. The number of rotatable bonds is 9. The number of furan rings is 1. The number of benzene rings is 6. The minimum atomic E-state index is -1.34. The molecule has 0 amide bonds. The average molecular weight is 1050 g/mol. The van der Waals surface area contributed by atoms with E-state index < -0.39 is 8.07 Å². The van der Waals surface area contributed by atoms with E-state index in [0.29, 0.717) is 11.6 Å². The maximum Gasteiger partial charge on any atom is 0.169 e. The van der Waals surface area contributed by atoms with E-state index in [1.807, 2.05) is 42.6 Å². The molecule has 65 heavy (non-hydrogen) atoms. The maximum atomic E-state index is 6.54. The summed E-state index contributed by atoms with van der Waals surface area (Å²) in [6, 6.07) is 53.3. The second-order valence-corrected chi connectivity index (χ2v) is 24.1. The molecule has 0 aliphatic carbocycles. The molecule has 5 nitrogen and oxygen atoms in total. The molecular weight excluding hydrogens is 989 g/mol. The monoisotopic (exact) mass is 1050 g/mol. The number of fused-ring (bicyclic) bond motifs is 6. The number of hydrogen-bond donors (Lipinski definition) is 0. The summed E-state index contributed by atoms with van der Waals surface area (Å²) in [5, 5.41) is 5.83. The zero-order valence-corrected chi connectivity index (χ0v) is 42.2. The van der Waals surface area contributed by atoms with E-state index in [-0.39, 0.29) is 31.9 Å². The van der Waals surface area contributed by atoms with E-state index in [9.17, 15) is 0 Å². The molecule has 7 heteroatoms. The van der Waals surface area contributed by atoms with Gasteiger partial charge in [-0.2, -0.15) is 0 Å². The van der Waals surface area contributed by atoms with E-state index in [4.69, 9.17) is 14.4 Å². The van der Waals surface area contributed by atoms with Gasteiger partial charge in [0.15, 0.2) is 5.65 Å². The molecule has 329 valence electrons. The quantitative estimate of drug-likeness (QED) is 0.107. The van der Waals surface area contributed by atoms with E-state index in [1.165, 1.54) is 33.0 Å². The molecule has 0 bridgehead atoms. The third kappa shape index (κ3) is 9.03. The first kappa shape index (κ1) is 45.6. The minimum absolute atomic E-state index is 0. The second-order valence-electron chi connectivity index (χ2n) is 19.0. The van der Waals surface area contributed by atoms with Crippen molar-refractivity contribution in [3.63, 3.8) is 0 Å². The fourth-order valence-electron chi connectivity index (χ4n) is 9.03. The van der Waals surface area contributed by atoms with Crippen LogP contribution in [0.4, 0.5) is 0 Å². The number of para-hydroxylation sites is 1. The molecule has 6 aromatic carbocycles. The van der Waals surface area contributed by atoms with Gasteiger partial charge in [0.1, 0.15) is 5.58 Å². The molecule has 4 heterocycles. The van der Waals surface area contributed by atoms with Crippen molar-refractivity contribution in [3.05, 3.63) is 175 Å². The Bertz CT molecular complexity index is 3240. The van der Waals surface area contributed by atoms with E-state index in [1.54, 1.807) is 0 Å². The van der Waals surface area contributed by atoms with Gasteiger partial charge in [-0.3, -0.25) is 4.98 Å². The van der Waals surface area contributed by atoms with Crippen molar-refractivity contribution in [1.82, 2.24) is 19.5 Å². The van der Waals surface area contributed by atoms with Gasteiger partial charge in [0, 0.05) is 54.3 Å². The molecule has 0 spiro atoms. The first-order valence-electron chi connectivity index (χ1n) is 22.7. The van der Waals surface area contributed by atoms with Crippen molar-refractivity contribution in [1.29, 1.82) is 0 Å². The molecule has 0 N–H and O–H groups in total. The summed E-state index contributed by atoms with van der Waals surface area (Å²) in [7, 11) is -1.34. The largest absolute Gasteiger partial charge is 0.501 e. The maximum absolute atomic E-state index is 6.54. The van der Waals surface area contributed by atoms with E-state index in [0.717, 1.165) is 73.0 Å². The third-order valence-electron chi connectivity index (χ3n) is 12.1. The van der Waals surface area contributed by atoms with Crippen LogP contribution in [0.1, 0.15) is 70.1 Å². The van der Waals surface area contributed by atoms with Crippen LogP contribution in [-0.4, -0.2) is 27.6 Å². The summed E-state index contributed by atoms with van der Waals surface area (Å²) in [5.74, 6) is 1.96. The van der Waals surface area contributed by atoms with Crippen molar-refractivity contribution in [2.24, 2.45) is 5.92 Å². The Labute approximate surface area is 398 Å². The molecule has 0 saturated heterocycles. The van der Waals surface area contributed by atoms with Crippen molar-refractivity contribution in [3.8, 4) is 39.5 Å². The molecule has 10 aromatic rings. The molecular formula is C58H56IrN4OSi-2. The molecule has 0 unspecified atom stereocenters. The Kier molecular flexibility index (Phi) is 13.2. The van der Waals surface area contributed by atoms with Crippen LogP contribution >= 0.6 is 0 Å². The van der Waals surface area contributed by atoms with Crippen LogP contribution in [0.2, 0.25) is 19.6 Å². The summed E-state index contributed by atoms with van der Waals surface area (Å²) < 4.78 is 8.89. The number of nitrogens with zero attached hydrogens (tertiary/aromatic N) is 4. The molecule has 0 aliphatic rings. The second kappa shape index (κ2) is 18.9. The predicted octanol–water partition coefficient (Wildman–Crippen LogP) is 15.1. The summed E-state index contributed by atoms with van der Waals surface area (Å²) in [5.41, 5.74) is 13.9.